The van der Waals surface area contributed by atoms with Gasteiger partial charge in [0.2, 0.25) is 0 Å². The molecule has 7 nitrogen and oxygen atoms in total. The molecule has 5 aromatic rings. The van der Waals surface area contributed by atoms with Gasteiger partial charge in [0.25, 0.3) is 0 Å². The molecule has 1 atom stereocenters. The summed E-state index contributed by atoms with van der Waals surface area (Å²) in [5.74, 6) is 2.90. The zero-order chi connectivity index (χ0) is 27.9. The summed E-state index contributed by atoms with van der Waals surface area (Å²) in [4.78, 5) is 12.7. The van der Waals surface area contributed by atoms with Crippen LogP contribution < -0.4 is 15.0 Å². The van der Waals surface area contributed by atoms with Crippen molar-refractivity contribution < 1.29 is 4.74 Å². The van der Waals surface area contributed by atoms with Crippen molar-refractivity contribution in [3.63, 3.8) is 0 Å². The number of rotatable bonds is 5. The number of para-hydroxylation sites is 5. The predicted molar refractivity (Wildman–Crippen MR) is 169 cm³/mol. The van der Waals surface area contributed by atoms with E-state index in [2.05, 4.69) is 69.5 Å². The van der Waals surface area contributed by atoms with E-state index in [0.717, 1.165) is 55.6 Å². The zero-order valence-corrected chi connectivity index (χ0v) is 24.2. The van der Waals surface area contributed by atoms with Crippen molar-refractivity contribution in [2.75, 3.05) is 16.8 Å². The Kier molecular flexibility index (Phi) is 6.40. The number of aliphatic imine (C=N–C) groups is 2. The molecule has 2 aliphatic rings. The Labute approximate surface area is 247 Å². The van der Waals surface area contributed by atoms with Crippen molar-refractivity contribution in [3.8, 4) is 11.4 Å². The summed E-state index contributed by atoms with van der Waals surface area (Å²) in [6.45, 7) is 4.60. The van der Waals surface area contributed by atoms with Crippen LogP contribution in [0.2, 0.25) is 0 Å². The van der Waals surface area contributed by atoms with Crippen molar-refractivity contribution in [1.29, 1.82) is 0 Å². The number of anilines is 2. The second-order valence-electron chi connectivity index (χ2n) is 9.84. The summed E-state index contributed by atoms with van der Waals surface area (Å²) in [5, 5.41) is 8.58. The number of aryl methyl sites for hydroxylation is 1. The van der Waals surface area contributed by atoms with Gasteiger partial charge in [0, 0.05) is 10.0 Å². The van der Waals surface area contributed by atoms with Crippen LogP contribution in [0.4, 0.5) is 22.9 Å². The quantitative estimate of drug-likeness (QED) is 0.220. The summed E-state index contributed by atoms with van der Waals surface area (Å²) in [6.07, 6.45) is 0. The van der Waals surface area contributed by atoms with Gasteiger partial charge >= 0.3 is 0 Å². The van der Waals surface area contributed by atoms with E-state index in [-0.39, 0.29) is 6.04 Å². The fourth-order valence-electron chi connectivity index (χ4n) is 5.52. The summed E-state index contributed by atoms with van der Waals surface area (Å²) >= 11 is 3.71. The van der Waals surface area contributed by atoms with Gasteiger partial charge in [-0.05, 0) is 67.9 Å². The Bertz CT molecular complexity index is 1830. The lowest BCUT2D eigenvalue weighted by Gasteiger charge is -2.40. The highest BCUT2D eigenvalue weighted by atomic mass is 79.9. The molecule has 0 amide bonds. The first-order valence-corrected chi connectivity index (χ1v) is 14.4. The van der Waals surface area contributed by atoms with Crippen molar-refractivity contribution >= 4 is 50.5 Å². The Hall–Kier alpha value is -4.69. The van der Waals surface area contributed by atoms with E-state index in [1.54, 1.807) is 0 Å². The third kappa shape index (κ3) is 4.40. The van der Waals surface area contributed by atoms with Gasteiger partial charge in [-0.2, -0.15) is 5.10 Å². The highest BCUT2D eigenvalue weighted by Gasteiger charge is 2.41. The second kappa shape index (κ2) is 10.4. The molecule has 41 heavy (non-hydrogen) atoms. The molecule has 7 rings (SSSR count). The van der Waals surface area contributed by atoms with Gasteiger partial charge in [0.15, 0.2) is 17.5 Å². The topological polar surface area (TPSA) is 67.0 Å². The lowest BCUT2D eigenvalue weighted by atomic mass is 9.93. The lowest BCUT2D eigenvalue weighted by Crippen LogP contribution is -2.46. The number of ether oxygens (including phenoxy) is 1. The minimum absolute atomic E-state index is 0.192. The first kappa shape index (κ1) is 25.3. The smallest absolute Gasteiger partial charge is 0.179 e. The van der Waals surface area contributed by atoms with Crippen molar-refractivity contribution in [1.82, 2.24) is 9.78 Å². The number of nitrogens with one attached hydrogen (secondary N) is 1. The summed E-state index contributed by atoms with van der Waals surface area (Å²) < 4.78 is 8.88. The predicted octanol–water partition coefficient (Wildman–Crippen LogP) is 8.14. The Morgan fingerprint density at radius 1 is 0.878 bits per heavy atom. The van der Waals surface area contributed by atoms with Crippen LogP contribution in [-0.2, 0) is 0 Å². The average Bonchev–Trinajstić information content (AvgIpc) is 3.33. The molecule has 3 heterocycles. The summed E-state index contributed by atoms with van der Waals surface area (Å²) in [5.41, 5.74) is 6.72. The molecule has 1 N–H and O–H groups in total. The van der Waals surface area contributed by atoms with Gasteiger partial charge in [-0.3, -0.25) is 0 Å². The van der Waals surface area contributed by atoms with Gasteiger partial charge in [-0.15, -0.1) is 0 Å². The number of nitrogens with zero attached hydrogens (tertiary/aromatic N) is 5. The molecule has 2 aliphatic heterocycles. The van der Waals surface area contributed by atoms with Gasteiger partial charge in [-0.25, -0.2) is 14.7 Å². The van der Waals surface area contributed by atoms with Gasteiger partial charge in [0.05, 0.1) is 41.1 Å². The zero-order valence-electron chi connectivity index (χ0n) is 22.6. The van der Waals surface area contributed by atoms with E-state index in [1.807, 2.05) is 78.3 Å². The normalized spacial score (nSPS) is 15.3. The fraction of sp³-hybridized carbons (Fsp3) is 0.121. The molecule has 202 valence electrons. The van der Waals surface area contributed by atoms with Crippen LogP contribution in [0.15, 0.2) is 118 Å². The van der Waals surface area contributed by atoms with Crippen LogP contribution >= 0.6 is 15.9 Å². The van der Waals surface area contributed by atoms with E-state index in [4.69, 9.17) is 19.8 Å². The molecule has 0 radical (unpaired) electrons. The number of amidine groups is 2. The number of halogens is 1. The van der Waals surface area contributed by atoms with Gasteiger partial charge in [-0.1, -0.05) is 70.5 Å². The Morgan fingerprint density at radius 2 is 1.66 bits per heavy atom. The molecule has 0 bridgehead atoms. The van der Waals surface area contributed by atoms with Crippen molar-refractivity contribution in [3.05, 3.63) is 124 Å². The van der Waals surface area contributed by atoms with Crippen LogP contribution in [-0.4, -0.2) is 28.1 Å². The van der Waals surface area contributed by atoms with E-state index < -0.39 is 0 Å². The lowest BCUT2D eigenvalue weighted by molar-refractivity contribution is 0.342. The minimum atomic E-state index is -0.192. The first-order chi connectivity index (χ1) is 20.1. The van der Waals surface area contributed by atoms with E-state index >= 15 is 0 Å². The molecule has 0 unspecified atom stereocenters. The Morgan fingerprint density at radius 3 is 2.49 bits per heavy atom. The van der Waals surface area contributed by atoms with Crippen LogP contribution in [0.1, 0.15) is 29.8 Å². The summed E-state index contributed by atoms with van der Waals surface area (Å²) in [7, 11) is 0. The van der Waals surface area contributed by atoms with Crippen molar-refractivity contribution in [2.45, 2.75) is 19.9 Å². The first-order valence-electron chi connectivity index (χ1n) is 13.6. The van der Waals surface area contributed by atoms with Gasteiger partial charge in [0.1, 0.15) is 5.75 Å². The van der Waals surface area contributed by atoms with Crippen LogP contribution in [0, 0.1) is 6.92 Å². The molecule has 0 saturated heterocycles. The van der Waals surface area contributed by atoms with E-state index in [0.29, 0.717) is 18.3 Å². The molecular formula is C33H27BrN6O. The highest BCUT2D eigenvalue weighted by molar-refractivity contribution is 9.10. The highest BCUT2D eigenvalue weighted by Crippen LogP contribution is 2.48. The maximum atomic E-state index is 5.93. The number of benzene rings is 4. The summed E-state index contributed by atoms with van der Waals surface area (Å²) in [6, 6.07) is 34.5. The standard InChI is InChI=1S/C33H27BrN6O/c1-3-41-28-19-10-8-17-26(28)36-31-33-37-32-29(21(2)38-40(32)24-14-5-4-6-15-24)30(22-12-11-13-23(34)20-22)39(33)27-18-9-7-16-25(27)35-31/h4-20,30H,3H2,1-2H3,(H,35,36)/t30-/m1/s1. The number of fused-ring (bicyclic) bond motifs is 4. The van der Waals surface area contributed by atoms with Crippen LogP contribution in [0.5, 0.6) is 5.75 Å². The molecule has 8 heteroatoms. The van der Waals surface area contributed by atoms with Crippen molar-refractivity contribution in [2.24, 2.45) is 9.98 Å². The average molecular weight is 604 g/mol. The number of hydrogen-bond donors (Lipinski definition) is 1. The monoisotopic (exact) mass is 602 g/mol. The molecule has 0 fully saturated rings. The fourth-order valence-corrected chi connectivity index (χ4v) is 5.93. The maximum absolute atomic E-state index is 5.93. The second-order valence-corrected chi connectivity index (χ2v) is 10.8. The largest absolute Gasteiger partial charge is 0.492 e. The van der Waals surface area contributed by atoms with Crippen LogP contribution in [0.3, 0.4) is 0 Å². The molecular weight excluding hydrogens is 576 g/mol. The molecule has 1 aromatic heterocycles. The van der Waals surface area contributed by atoms with E-state index in [9.17, 15) is 0 Å². The molecule has 0 saturated carbocycles. The van der Waals surface area contributed by atoms with Crippen LogP contribution in [0.25, 0.3) is 5.69 Å². The Balaban J connectivity index is 1.49. The minimum Gasteiger partial charge on any atom is -0.492 e. The SMILES string of the molecule is CCOc1ccccc1NC1=Nc2ccccc2N2C1=Nc1c(c(C)nn1-c1ccccc1)[C@H]2c1cccc(Br)c1. The number of aromatic nitrogens is 2. The molecule has 4 aromatic carbocycles. The maximum Gasteiger partial charge on any atom is 0.179 e. The third-order valence-corrected chi connectivity index (χ3v) is 7.74. The molecule has 0 spiro atoms. The number of hydrogen-bond acceptors (Lipinski definition) is 6. The third-order valence-electron chi connectivity index (χ3n) is 7.24. The molecule has 0 aliphatic carbocycles. The van der Waals surface area contributed by atoms with Gasteiger partial charge < -0.3 is 15.0 Å². The van der Waals surface area contributed by atoms with E-state index in [1.165, 1.54) is 0 Å².